The van der Waals surface area contributed by atoms with E-state index in [9.17, 15) is 4.79 Å². The van der Waals surface area contributed by atoms with Crippen molar-refractivity contribution < 1.29 is 9.47 Å². The second-order valence-electron chi connectivity index (χ2n) is 6.46. The number of hydrogen-bond donors (Lipinski definition) is 1. The van der Waals surface area contributed by atoms with Crippen molar-refractivity contribution in [3.05, 3.63) is 64.1 Å². The first-order chi connectivity index (χ1) is 14.0. The molecule has 0 fully saturated rings. The molecule has 1 N–H and O–H groups in total. The number of aryl methyl sites for hydroxylation is 2. The standard InChI is InChI=1S/C19H20N6O3S/c1-11-7-15(26)25-19(21-11)29-18(23-25)22-16(17-20-5-6-24(17)2)12-8-13(27-3)10-14(9-12)28-4/h5-10,16H,1-4H3,(H,22,23). The molecule has 29 heavy (non-hydrogen) atoms. The molecule has 0 bridgehead atoms. The molecule has 1 unspecified atom stereocenters. The Morgan fingerprint density at radius 3 is 2.48 bits per heavy atom. The SMILES string of the molecule is COc1cc(OC)cc(C(Nc2nn3c(=O)cc(C)nc3s2)c2nccn2C)c1. The van der Waals surface area contributed by atoms with Crippen molar-refractivity contribution in [2.24, 2.45) is 7.05 Å². The van der Waals surface area contributed by atoms with E-state index >= 15 is 0 Å². The van der Waals surface area contributed by atoms with Crippen LogP contribution >= 0.6 is 11.3 Å². The van der Waals surface area contributed by atoms with E-state index in [2.05, 4.69) is 20.4 Å². The van der Waals surface area contributed by atoms with Crippen molar-refractivity contribution in [1.29, 1.82) is 0 Å². The van der Waals surface area contributed by atoms with Crippen molar-refractivity contribution in [2.45, 2.75) is 13.0 Å². The summed E-state index contributed by atoms with van der Waals surface area (Å²) in [6.45, 7) is 1.79. The summed E-state index contributed by atoms with van der Waals surface area (Å²) in [5.74, 6) is 2.10. The van der Waals surface area contributed by atoms with Gasteiger partial charge in [0.2, 0.25) is 10.1 Å². The molecule has 10 heteroatoms. The summed E-state index contributed by atoms with van der Waals surface area (Å²) in [7, 11) is 5.13. The van der Waals surface area contributed by atoms with Gasteiger partial charge in [-0.3, -0.25) is 4.79 Å². The molecule has 3 heterocycles. The van der Waals surface area contributed by atoms with Crippen molar-refractivity contribution in [3.8, 4) is 11.5 Å². The third-order valence-electron chi connectivity index (χ3n) is 4.46. The minimum absolute atomic E-state index is 0.214. The van der Waals surface area contributed by atoms with Crippen LogP contribution in [0.15, 0.2) is 41.5 Å². The second kappa shape index (κ2) is 7.55. The van der Waals surface area contributed by atoms with Crippen LogP contribution in [0.1, 0.15) is 23.1 Å². The molecular weight excluding hydrogens is 392 g/mol. The fourth-order valence-corrected chi connectivity index (χ4v) is 3.93. The lowest BCUT2D eigenvalue weighted by atomic mass is 10.1. The number of anilines is 1. The maximum Gasteiger partial charge on any atom is 0.275 e. The van der Waals surface area contributed by atoms with E-state index in [1.54, 1.807) is 27.3 Å². The molecule has 4 rings (SSSR count). The van der Waals surface area contributed by atoms with Gasteiger partial charge in [-0.2, -0.15) is 4.52 Å². The average Bonchev–Trinajstić information content (AvgIpc) is 3.31. The smallest absolute Gasteiger partial charge is 0.275 e. The van der Waals surface area contributed by atoms with Crippen molar-refractivity contribution >= 4 is 21.4 Å². The first kappa shape index (κ1) is 18.9. The van der Waals surface area contributed by atoms with Gasteiger partial charge >= 0.3 is 0 Å². The number of ether oxygens (including phenoxy) is 2. The van der Waals surface area contributed by atoms with E-state index in [4.69, 9.17) is 9.47 Å². The van der Waals surface area contributed by atoms with E-state index in [0.29, 0.717) is 27.3 Å². The minimum Gasteiger partial charge on any atom is -0.497 e. The average molecular weight is 412 g/mol. The van der Waals surface area contributed by atoms with Crippen LogP contribution in [0, 0.1) is 6.92 Å². The Hall–Kier alpha value is -3.40. The fourth-order valence-electron chi connectivity index (χ4n) is 3.05. The summed E-state index contributed by atoms with van der Waals surface area (Å²) in [6, 6.07) is 6.74. The van der Waals surface area contributed by atoms with Gasteiger partial charge in [-0.05, 0) is 24.6 Å². The fraction of sp³-hybridized carbons (Fsp3) is 0.263. The van der Waals surface area contributed by atoms with Gasteiger partial charge in [-0.25, -0.2) is 9.97 Å². The predicted molar refractivity (Wildman–Crippen MR) is 110 cm³/mol. The van der Waals surface area contributed by atoms with Crippen LogP contribution in [0.5, 0.6) is 11.5 Å². The van der Waals surface area contributed by atoms with E-state index < -0.39 is 0 Å². The maximum absolute atomic E-state index is 12.2. The van der Waals surface area contributed by atoms with Gasteiger partial charge in [0.25, 0.3) is 5.56 Å². The highest BCUT2D eigenvalue weighted by atomic mass is 32.1. The van der Waals surface area contributed by atoms with Gasteiger partial charge in [-0.1, -0.05) is 11.3 Å². The second-order valence-corrected chi connectivity index (χ2v) is 7.41. The number of fused-ring (bicyclic) bond motifs is 1. The first-order valence-corrected chi connectivity index (χ1v) is 9.64. The monoisotopic (exact) mass is 412 g/mol. The number of rotatable bonds is 6. The van der Waals surface area contributed by atoms with Crippen LogP contribution < -0.4 is 20.3 Å². The zero-order valence-electron chi connectivity index (χ0n) is 16.4. The molecule has 150 valence electrons. The Kier molecular flexibility index (Phi) is 4.93. The number of imidazole rings is 1. The summed E-state index contributed by atoms with van der Waals surface area (Å²) in [5.41, 5.74) is 1.32. The number of aromatic nitrogens is 5. The zero-order valence-corrected chi connectivity index (χ0v) is 17.2. The van der Waals surface area contributed by atoms with Gasteiger partial charge in [-0.15, -0.1) is 5.10 Å². The quantitative estimate of drug-likeness (QED) is 0.520. The van der Waals surface area contributed by atoms with Crippen LogP contribution in [0.3, 0.4) is 0 Å². The summed E-state index contributed by atoms with van der Waals surface area (Å²) in [4.78, 5) is 21.6. The molecule has 0 aliphatic carbocycles. The number of benzene rings is 1. The Morgan fingerprint density at radius 2 is 1.86 bits per heavy atom. The van der Waals surface area contributed by atoms with Crippen LogP contribution in [-0.2, 0) is 7.05 Å². The molecule has 0 spiro atoms. The molecule has 1 aromatic carbocycles. The van der Waals surface area contributed by atoms with Crippen molar-refractivity contribution in [3.63, 3.8) is 0 Å². The molecule has 0 aliphatic heterocycles. The lowest BCUT2D eigenvalue weighted by Gasteiger charge is -2.19. The molecular formula is C19H20N6O3S. The highest BCUT2D eigenvalue weighted by Gasteiger charge is 2.22. The highest BCUT2D eigenvalue weighted by Crippen LogP contribution is 2.32. The van der Waals surface area contributed by atoms with Gasteiger partial charge < -0.3 is 19.4 Å². The predicted octanol–water partition coefficient (Wildman–Crippen LogP) is 2.41. The molecule has 0 aliphatic rings. The molecule has 0 radical (unpaired) electrons. The van der Waals surface area contributed by atoms with Gasteiger partial charge in [0, 0.05) is 37.3 Å². The molecule has 1 atom stereocenters. The third kappa shape index (κ3) is 3.66. The molecule has 3 aromatic heterocycles. The Morgan fingerprint density at radius 1 is 1.14 bits per heavy atom. The van der Waals surface area contributed by atoms with Crippen LogP contribution in [0.4, 0.5) is 5.13 Å². The van der Waals surface area contributed by atoms with E-state index in [-0.39, 0.29) is 11.6 Å². The zero-order chi connectivity index (χ0) is 20.5. The largest absolute Gasteiger partial charge is 0.497 e. The summed E-state index contributed by atoms with van der Waals surface area (Å²) in [5, 5.41) is 8.33. The Balaban J connectivity index is 1.82. The van der Waals surface area contributed by atoms with Gasteiger partial charge in [0.15, 0.2) is 0 Å². The normalized spacial score (nSPS) is 12.1. The summed E-state index contributed by atoms with van der Waals surface area (Å²) >= 11 is 1.30. The van der Waals surface area contributed by atoms with Gasteiger partial charge in [0.05, 0.1) is 14.2 Å². The highest BCUT2D eigenvalue weighted by molar-refractivity contribution is 7.20. The lowest BCUT2D eigenvalue weighted by molar-refractivity contribution is 0.393. The van der Waals surface area contributed by atoms with Crippen LogP contribution in [0.2, 0.25) is 0 Å². The molecule has 9 nitrogen and oxygen atoms in total. The number of nitrogens with zero attached hydrogens (tertiary/aromatic N) is 5. The molecule has 0 saturated heterocycles. The number of methoxy groups -OCH3 is 2. The van der Waals surface area contributed by atoms with Crippen molar-refractivity contribution in [1.82, 2.24) is 24.1 Å². The Labute approximate surface area is 170 Å². The molecule has 0 amide bonds. The van der Waals surface area contributed by atoms with Gasteiger partial charge in [0.1, 0.15) is 23.4 Å². The summed E-state index contributed by atoms with van der Waals surface area (Å²) < 4.78 is 14.1. The lowest BCUT2D eigenvalue weighted by Crippen LogP contribution is -2.18. The number of hydrogen-bond acceptors (Lipinski definition) is 8. The van der Waals surface area contributed by atoms with Crippen LogP contribution in [-0.4, -0.2) is 38.4 Å². The maximum atomic E-state index is 12.2. The van der Waals surface area contributed by atoms with Crippen LogP contribution in [0.25, 0.3) is 4.96 Å². The minimum atomic E-state index is -0.351. The van der Waals surface area contributed by atoms with E-state index in [1.807, 2.05) is 36.0 Å². The third-order valence-corrected chi connectivity index (χ3v) is 5.30. The number of nitrogens with one attached hydrogen (secondary N) is 1. The van der Waals surface area contributed by atoms with Crippen molar-refractivity contribution in [2.75, 3.05) is 19.5 Å². The molecule has 0 saturated carbocycles. The Bertz CT molecular complexity index is 1210. The topological polar surface area (TPSA) is 95.6 Å². The molecule has 4 aromatic rings. The summed E-state index contributed by atoms with van der Waals surface area (Å²) in [6.07, 6.45) is 3.60. The van der Waals surface area contributed by atoms with E-state index in [0.717, 1.165) is 11.4 Å². The van der Waals surface area contributed by atoms with E-state index in [1.165, 1.54) is 21.9 Å². The first-order valence-electron chi connectivity index (χ1n) is 8.82.